The molecule has 0 saturated heterocycles. The third-order valence-electron chi connectivity index (χ3n) is 6.27. The molecule has 6 N–H and O–H groups in total. The fourth-order valence-electron chi connectivity index (χ4n) is 4.52. The summed E-state index contributed by atoms with van der Waals surface area (Å²) in [5, 5.41) is 8.78. The molecule has 3 heterocycles. The predicted octanol–water partition coefficient (Wildman–Crippen LogP) is 3.98. The Bertz CT molecular complexity index is 1460. The van der Waals surface area contributed by atoms with Gasteiger partial charge in [0.05, 0.1) is 33.7 Å². The van der Waals surface area contributed by atoms with E-state index in [4.69, 9.17) is 23.1 Å². The molecular weight excluding hydrogens is 450 g/mol. The summed E-state index contributed by atoms with van der Waals surface area (Å²) < 4.78 is 1.81. The van der Waals surface area contributed by atoms with Crippen LogP contribution in [0.2, 0.25) is 5.02 Å². The first kappa shape index (κ1) is 22.2. The van der Waals surface area contributed by atoms with Crippen molar-refractivity contribution in [3.05, 3.63) is 81.5 Å². The zero-order chi connectivity index (χ0) is 23.8. The lowest BCUT2D eigenvalue weighted by atomic mass is 10.1. The van der Waals surface area contributed by atoms with Crippen molar-refractivity contribution >= 4 is 34.3 Å². The van der Waals surface area contributed by atoms with Gasteiger partial charge in [-0.25, -0.2) is 9.51 Å². The molecule has 2 atom stereocenters. The Morgan fingerprint density at radius 1 is 1.29 bits per heavy atom. The number of aryl methyl sites for hydroxylation is 1. The van der Waals surface area contributed by atoms with Gasteiger partial charge in [-0.2, -0.15) is 5.10 Å². The van der Waals surface area contributed by atoms with Crippen LogP contribution in [0, 0.1) is 6.92 Å². The largest absolute Gasteiger partial charge is 0.383 e. The first-order chi connectivity index (χ1) is 16.4. The highest BCUT2D eigenvalue weighted by molar-refractivity contribution is 6.33. The van der Waals surface area contributed by atoms with Crippen LogP contribution >= 0.6 is 11.6 Å². The van der Waals surface area contributed by atoms with Gasteiger partial charge >= 0.3 is 0 Å². The van der Waals surface area contributed by atoms with Gasteiger partial charge in [0.2, 0.25) is 5.56 Å². The van der Waals surface area contributed by atoms with Gasteiger partial charge in [0.1, 0.15) is 5.84 Å². The molecule has 0 amide bonds. The molecular formula is C25H26ClN7O. The van der Waals surface area contributed by atoms with Crippen LogP contribution in [0.5, 0.6) is 0 Å². The predicted molar refractivity (Wildman–Crippen MR) is 137 cm³/mol. The van der Waals surface area contributed by atoms with Crippen molar-refractivity contribution in [1.29, 1.82) is 0 Å². The average molecular weight is 476 g/mol. The van der Waals surface area contributed by atoms with Crippen LogP contribution in [0.3, 0.4) is 0 Å². The number of hydrogen-bond acceptors (Lipinski definition) is 5. The number of nitrogens with two attached hydrogens (primary N) is 2. The van der Waals surface area contributed by atoms with Crippen molar-refractivity contribution in [2.24, 2.45) is 16.5 Å². The van der Waals surface area contributed by atoms with E-state index >= 15 is 0 Å². The number of aliphatic imine (C=N–C) groups is 1. The number of para-hydroxylation sites is 1. The van der Waals surface area contributed by atoms with Gasteiger partial charge in [-0.1, -0.05) is 23.7 Å². The van der Waals surface area contributed by atoms with E-state index in [0.717, 1.165) is 47.2 Å². The summed E-state index contributed by atoms with van der Waals surface area (Å²) in [5.74, 6) is 0.316. The fraction of sp³-hybridized carbons (Fsp3) is 0.240. The Morgan fingerprint density at radius 2 is 2.12 bits per heavy atom. The highest BCUT2D eigenvalue weighted by Crippen LogP contribution is 2.32. The Hall–Kier alpha value is -3.62. The summed E-state index contributed by atoms with van der Waals surface area (Å²) in [5.41, 5.74) is 18.3. The van der Waals surface area contributed by atoms with Crippen LogP contribution in [0.15, 0.2) is 64.8 Å². The lowest BCUT2D eigenvalue weighted by Gasteiger charge is -2.18. The number of fused-ring (bicyclic) bond motifs is 1. The lowest BCUT2D eigenvalue weighted by Crippen LogP contribution is -2.24. The van der Waals surface area contributed by atoms with E-state index in [2.05, 4.69) is 20.4 Å². The molecule has 0 aliphatic heterocycles. The average Bonchev–Trinajstić information content (AvgIpc) is 3.41. The van der Waals surface area contributed by atoms with Crippen LogP contribution in [-0.4, -0.2) is 32.5 Å². The molecule has 34 heavy (non-hydrogen) atoms. The van der Waals surface area contributed by atoms with Crippen LogP contribution in [0.1, 0.15) is 30.4 Å². The van der Waals surface area contributed by atoms with Gasteiger partial charge in [-0.15, -0.1) is 0 Å². The first-order valence-corrected chi connectivity index (χ1v) is 11.6. The van der Waals surface area contributed by atoms with Gasteiger partial charge in [0, 0.05) is 41.7 Å². The standard InChI is InChI=1S/C25H26ClN7O/c1-14-8-23(34)29-11-18(14)15-9-22-24(31-17-7-6-16(27)10-17)19(12-30-33(22)13-15)25(28)32-21-5-3-2-4-20(21)26/h2-5,8-9,11-13,16-17,31H,6-7,10,27H2,1H3,(H2,28,32)(H,29,34)/t16-,17+/m0/s1. The van der Waals surface area contributed by atoms with Crippen molar-refractivity contribution in [3.63, 3.8) is 0 Å². The van der Waals surface area contributed by atoms with E-state index in [1.807, 2.05) is 41.9 Å². The third-order valence-corrected chi connectivity index (χ3v) is 6.59. The number of anilines is 1. The topological polar surface area (TPSA) is 127 Å². The summed E-state index contributed by atoms with van der Waals surface area (Å²) in [6.07, 6.45) is 8.20. The summed E-state index contributed by atoms with van der Waals surface area (Å²) >= 11 is 6.30. The maximum atomic E-state index is 11.7. The van der Waals surface area contributed by atoms with E-state index in [1.54, 1.807) is 24.5 Å². The maximum absolute atomic E-state index is 11.7. The van der Waals surface area contributed by atoms with Crippen molar-refractivity contribution < 1.29 is 0 Å². The van der Waals surface area contributed by atoms with E-state index in [-0.39, 0.29) is 17.6 Å². The van der Waals surface area contributed by atoms with Gasteiger partial charge in [-0.3, -0.25) is 4.79 Å². The van der Waals surface area contributed by atoms with Crippen molar-refractivity contribution in [3.8, 4) is 11.1 Å². The Labute approximate surface area is 201 Å². The minimum atomic E-state index is -0.131. The highest BCUT2D eigenvalue weighted by Gasteiger charge is 2.24. The molecule has 1 aromatic carbocycles. The molecule has 0 radical (unpaired) electrons. The van der Waals surface area contributed by atoms with Crippen molar-refractivity contribution in [2.45, 2.75) is 38.3 Å². The number of aromatic nitrogens is 3. The Balaban J connectivity index is 1.64. The second kappa shape index (κ2) is 8.96. The number of amidine groups is 1. The monoisotopic (exact) mass is 475 g/mol. The van der Waals surface area contributed by atoms with Crippen molar-refractivity contribution in [1.82, 2.24) is 14.6 Å². The minimum absolute atomic E-state index is 0.131. The summed E-state index contributed by atoms with van der Waals surface area (Å²) in [4.78, 5) is 19.0. The number of hydrogen-bond donors (Lipinski definition) is 4. The van der Waals surface area contributed by atoms with Gasteiger partial charge < -0.3 is 21.8 Å². The van der Waals surface area contributed by atoms with Crippen LogP contribution < -0.4 is 22.3 Å². The third kappa shape index (κ3) is 4.30. The summed E-state index contributed by atoms with van der Waals surface area (Å²) in [7, 11) is 0. The number of benzene rings is 1. The molecule has 9 heteroatoms. The lowest BCUT2D eigenvalue weighted by molar-refractivity contribution is 0.687. The number of pyridine rings is 1. The van der Waals surface area contributed by atoms with Gasteiger partial charge in [0.25, 0.3) is 0 Å². The van der Waals surface area contributed by atoms with Crippen LogP contribution in [0.25, 0.3) is 16.6 Å². The van der Waals surface area contributed by atoms with Gasteiger partial charge in [-0.05, 0) is 49.9 Å². The number of rotatable bonds is 5. The van der Waals surface area contributed by atoms with Crippen LogP contribution in [-0.2, 0) is 0 Å². The Kier molecular flexibility index (Phi) is 5.85. The Morgan fingerprint density at radius 3 is 2.85 bits per heavy atom. The molecule has 1 aliphatic carbocycles. The SMILES string of the molecule is Cc1cc(=O)[nH]cc1-c1cc2c(N[C@@H]3CC[C@H](N)C3)c(C(N)=Nc3ccccc3Cl)cnn2c1. The summed E-state index contributed by atoms with van der Waals surface area (Å²) in [6.45, 7) is 1.92. The molecule has 174 valence electrons. The van der Waals surface area contributed by atoms with Gasteiger partial charge in [0.15, 0.2) is 0 Å². The normalized spacial score (nSPS) is 18.5. The smallest absolute Gasteiger partial charge is 0.248 e. The van der Waals surface area contributed by atoms with Crippen molar-refractivity contribution in [2.75, 3.05) is 5.32 Å². The highest BCUT2D eigenvalue weighted by atomic mass is 35.5. The number of H-pyrrole nitrogens is 1. The van der Waals surface area contributed by atoms with E-state index in [9.17, 15) is 4.79 Å². The fourth-order valence-corrected chi connectivity index (χ4v) is 4.70. The maximum Gasteiger partial charge on any atom is 0.248 e. The second-order valence-electron chi connectivity index (χ2n) is 8.75. The molecule has 0 unspecified atom stereocenters. The molecule has 5 rings (SSSR count). The quantitative estimate of drug-likeness (QED) is 0.256. The molecule has 4 aromatic rings. The molecule has 0 spiro atoms. The number of nitrogens with zero attached hydrogens (tertiary/aromatic N) is 3. The number of halogens is 1. The van der Waals surface area contributed by atoms with E-state index in [1.165, 1.54) is 0 Å². The molecule has 1 aliphatic rings. The molecule has 8 nitrogen and oxygen atoms in total. The van der Waals surface area contributed by atoms with E-state index in [0.29, 0.717) is 22.1 Å². The zero-order valence-electron chi connectivity index (χ0n) is 18.8. The molecule has 1 fully saturated rings. The molecule has 1 saturated carbocycles. The van der Waals surface area contributed by atoms with E-state index < -0.39 is 0 Å². The first-order valence-electron chi connectivity index (χ1n) is 11.2. The van der Waals surface area contributed by atoms with Crippen LogP contribution in [0.4, 0.5) is 11.4 Å². The summed E-state index contributed by atoms with van der Waals surface area (Å²) in [6, 6.07) is 11.3. The number of nitrogens with one attached hydrogen (secondary N) is 2. The second-order valence-corrected chi connectivity index (χ2v) is 9.16. The number of aromatic amines is 1. The molecule has 0 bridgehead atoms. The minimum Gasteiger partial charge on any atom is -0.383 e. The molecule has 3 aromatic heterocycles. The zero-order valence-corrected chi connectivity index (χ0v) is 19.5.